The minimum atomic E-state index is -0.356. The number of aliphatic hydroxyl groups excluding tert-OH is 1. The number of likely N-dealkylation sites (N-methyl/N-ethyl adjacent to an activating group) is 1. The van der Waals surface area contributed by atoms with E-state index in [9.17, 15) is 5.11 Å². The van der Waals surface area contributed by atoms with Crippen molar-refractivity contribution in [1.29, 1.82) is 5.41 Å². The molecule has 1 saturated carbocycles. The lowest BCUT2D eigenvalue weighted by Gasteiger charge is -2.42. The van der Waals surface area contributed by atoms with Gasteiger partial charge >= 0.3 is 0 Å². The highest BCUT2D eigenvalue weighted by atomic mass is 127. The molecule has 0 amide bonds. The molecule has 19 heavy (non-hydrogen) atoms. The van der Waals surface area contributed by atoms with Crippen molar-refractivity contribution >= 4 is 28.4 Å². The summed E-state index contributed by atoms with van der Waals surface area (Å²) in [6, 6.07) is 9.73. The molecular formula is C15H21IN2O. The fourth-order valence-electron chi connectivity index (χ4n) is 2.38. The van der Waals surface area contributed by atoms with Crippen LogP contribution in [0, 0.1) is 5.41 Å². The van der Waals surface area contributed by atoms with Gasteiger partial charge in [0.05, 0.1) is 6.10 Å². The number of amidine groups is 1. The van der Waals surface area contributed by atoms with Crippen LogP contribution in [-0.4, -0.2) is 38.5 Å². The molecule has 3 nitrogen and oxygen atoms in total. The van der Waals surface area contributed by atoms with Crippen LogP contribution < -0.4 is 0 Å². The van der Waals surface area contributed by atoms with Gasteiger partial charge in [-0.3, -0.25) is 5.41 Å². The molecule has 4 heteroatoms. The highest BCUT2D eigenvalue weighted by molar-refractivity contribution is 14.1. The number of halogens is 1. The second-order valence-electron chi connectivity index (χ2n) is 5.16. The number of alkyl halides is 1. The van der Waals surface area contributed by atoms with Crippen molar-refractivity contribution in [3.05, 3.63) is 35.9 Å². The van der Waals surface area contributed by atoms with Crippen molar-refractivity contribution < 1.29 is 5.11 Å². The molecular weight excluding hydrogens is 351 g/mol. The summed E-state index contributed by atoms with van der Waals surface area (Å²) in [6.07, 6.45) is 3.03. The number of hydrogen-bond acceptors (Lipinski definition) is 2. The lowest BCUT2D eigenvalue weighted by molar-refractivity contribution is 0.0770. The highest BCUT2D eigenvalue weighted by Crippen LogP contribution is 2.43. The average molecular weight is 372 g/mol. The summed E-state index contributed by atoms with van der Waals surface area (Å²) in [5, 5.41) is 18.7. The van der Waals surface area contributed by atoms with E-state index in [1.165, 1.54) is 6.42 Å². The molecule has 0 heterocycles. The molecule has 0 spiro atoms. The van der Waals surface area contributed by atoms with Crippen molar-refractivity contribution in [2.45, 2.75) is 35.7 Å². The molecule has 1 aliphatic carbocycles. The van der Waals surface area contributed by atoms with Gasteiger partial charge in [-0.25, -0.2) is 0 Å². The van der Waals surface area contributed by atoms with Crippen LogP contribution in [0.4, 0.5) is 0 Å². The Hall–Kier alpha value is -0.620. The maximum Gasteiger partial charge on any atom is 0.128 e. The Labute approximate surface area is 128 Å². The quantitative estimate of drug-likeness (QED) is 0.361. The topological polar surface area (TPSA) is 47.3 Å². The molecule has 0 bridgehead atoms. The lowest BCUT2D eigenvalue weighted by atomic mass is 9.80. The van der Waals surface area contributed by atoms with Crippen LogP contribution >= 0.6 is 22.6 Å². The number of aliphatic hydroxyl groups is 1. The van der Waals surface area contributed by atoms with Crippen LogP contribution in [0.2, 0.25) is 0 Å². The Kier molecular flexibility index (Phi) is 4.84. The molecule has 1 aromatic rings. The van der Waals surface area contributed by atoms with Crippen LogP contribution in [-0.2, 0) is 0 Å². The van der Waals surface area contributed by atoms with E-state index >= 15 is 0 Å². The van der Waals surface area contributed by atoms with E-state index in [1.807, 2.05) is 42.2 Å². The third kappa shape index (κ3) is 3.28. The van der Waals surface area contributed by atoms with Crippen molar-refractivity contribution in [1.82, 2.24) is 4.90 Å². The van der Waals surface area contributed by atoms with Crippen molar-refractivity contribution in [2.75, 3.05) is 13.1 Å². The molecule has 0 saturated heterocycles. The van der Waals surface area contributed by atoms with Crippen LogP contribution in [0.15, 0.2) is 30.3 Å². The third-order valence-corrected chi connectivity index (χ3v) is 5.72. The van der Waals surface area contributed by atoms with E-state index in [2.05, 4.69) is 22.6 Å². The second-order valence-corrected chi connectivity index (χ2v) is 7.31. The SMILES string of the molecule is CCN(CC(O)C1(I)CCC1)C(=N)c1ccccc1. The Morgan fingerprint density at radius 1 is 1.42 bits per heavy atom. The van der Waals surface area contributed by atoms with Crippen LogP contribution in [0.1, 0.15) is 31.7 Å². The Balaban J connectivity index is 2.02. The first kappa shape index (κ1) is 14.8. The van der Waals surface area contributed by atoms with Gasteiger partial charge in [0.25, 0.3) is 0 Å². The van der Waals surface area contributed by atoms with Crippen molar-refractivity contribution in [3.63, 3.8) is 0 Å². The molecule has 0 aliphatic heterocycles. The summed E-state index contributed by atoms with van der Waals surface area (Å²) in [5.41, 5.74) is 0.910. The fraction of sp³-hybridized carbons (Fsp3) is 0.533. The molecule has 104 valence electrons. The van der Waals surface area contributed by atoms with E-state index in [0.29, 0.717) is 12.4 Å². The minimum Gasteiger partial charge on any atom is -0.390 e. The Bertz CT molecular complexity index is 431. The van der Waals surface area contributed by atoms with Gasteiger partial charge < -0.3 is 10.0 Å². The third-order valence-electron chi connectivity index (χ3n) is 3.92. The van der Waals surface area contributed by atoms with Gasteiger partial charge in [0.1, 0.15) is 5.84 Å². The lowest BCUT2D eigenvalue weighted by Crippen LogP contribution is -2.50. The number of rotatable bonds is 5. The maximum absolute atomic E-state index is 10.4. The number of hydrogen-bond donors (Lipinski definition) is 2. The predicted molar refractivity (Wildman–Crippen MR) is 87.1 cm³/mol. The average Bonchev–Trinajstić information content (AvgIpc) is 2.42. The summed E-state index contributed by atoms with van der Waals surface area (Å²) >= 11 is 2.39. The largest absolute Gasteiger partial charge is 0.390 e. The van der Waals surface area contributed by atoms with Crippen LogP contribution in [0.3, 0.4) is 0 Å². The van der Waals surface area contributed by atoms with Gasteiger partial charge in [-0.15, -0.1) is 0 Å². The second kappa shape index (κ2) is 6.22. The summed E-state index contributed by atoms with van der Waals surface area (Å²) in [5.74, 6) is 0.501. The first-order chi connectivity index (χ1) is 9.07. The number of benzene rings is 1. The number of nitrogens with one attached hydrogen (secondary N) is 1. The highest BCUT2D eigenvalue weighted by Gasteiger charge is 2.41. The Morgan fingerprint density at radius 2 is 2.05 bits per heavy atom. The molecule has 0 radical (unpaired) electrons. The monoisotopic (exact) mass is 372 g/mol. The van der Waals surface area contributed by atoms with Crippen molar-refractivity contribution in [3.8, 4) is 0 Å². The van der Waals surface area contributed by atoms with Gasteiger partial charge in [-0.05, 0) is 19.8 Å². The van der Waals surface area contributed by atoms with E-state index in [4.69, 9.17) is 5.41 Å². The molecule has 1 atom stereocenters. The minimum absolute atomic E-state index is 0.0299. The molecule has 0 aromatic heterocycles. The standard InChI is InChI=1S/C15H21IN2O/c1-2-18(11-13(19)15(16)9-6-10-15)14(17)12-7-4-3-5-8-12/h3-5,7-8,13,17,19H,2,6,9-11H2,1H3. The smallest absolute Gasteiger partial charge is 0.128 e. The van der Waals surface area contributed by atoms with Gasteiger partial charge in [0, 0.05) is 22.1 Å². The predicted octanol–water partition coefficient (Wildman–Crippen LogP) is 3.05. The normalized spacial score (nSPS) is 18.5. The first-order valence-corrected chi connectivity index (χ1v) is 7.90. The van der Waals surface area contributed by atoms with Gasteiger partial charge in [-0.1, -0.05) is 59.3 Å². The zero-order valence-corrected chi connectivity index (χ0v) is 13.4. The molecule has 1 fully saturated rings. The van der Waals surface area contributed by atoms with E-state index < -0.39 is 0 Å². The summed E-state index contributed by atoms with van der Waals surface area (Å²) < 4.78 is 0.0299. The zero-order valence-electron chi connectivity index (χ0n) is 11.3. The fourth-order valence-corrected chi connectivity index (χ4v) is 3.34. The van der Waals surface area contributed by atoms with Gasteiger partial charge in [-0.2, -0.15) is 0 Å². The molecule has 1 aliphatic rings. The molecule has 2 N–H and O–H groups in total. The van der Waals surface area contributed by atoms with Crippen LogP contribution in [0.25, 0.3) is 0 Å². The molecule has 1 unspecified atom stereocenters. The summed E-state index contributed by atoms with van der Waals surface area (Å²) in [4.78, 5) is 1.96. The van der Waals surface area contributed by atoms with Crippen molar-refractivity contribution in [2.24, 2.45) is 0 Å². The maximum atomic E-state index is 10.4. The van der Waals surface area contributed by atoms with Crippen LogP contribution in [0.5, 0.6) is 0 Å². The number of nitrogens with zero attached hydrogens (tertiary/aromatic N) is 1. The molecule has 1 aromatic carbocycles. The summed E-state index contributed by atoms with van der Waals surface area (Å²) in [7, 11) is 0. The van der Waals surface area contributed by atoms with E-state index in [-0.39, 0.29) is 9.53 Å². The van der Waals surface area contributed by atoms with E-state index in [0.717, 1.165) is 24.9 Å². The summed E-state index contributed by atoms with van der Waals surface area (Å²) in [6.45, 7) is 3.33. The van der Waals surface area contributed by atoms with Gasteiger partial charge in [0.15, 0.2) is 0 Å². The first-order valence-electron chi connectivity index (χ1n) is 6.83. The zero-order chi connectivity index (χ0) is 13.9. The Morgan fingerprint density at radius 3 is 2.53 bits per heavy atom. The molecule has 2 rings (SSSR count). The van der Waals surface area contributed by atoms with E-state index in [1.54, 1.807) is 0 Å². The van der Waals surface area contributed by atoms with Gasteiger partial charge in [0.2, 0.25) is 0 Å².